The number of rotatable bonds is 7. The Morgan fingerprint density at radius 3 is 2.20 bits per heavy atom. The second kappa shape index (κ2) is 11.7. The predicted molar refractivity (Wildman–Crippen MR) is 158 cm³/mol. The van der Waals surface area contributed by atoms with Gasteiger partial charge in [0.1, 0.15) is 5.75 Å². The van der Waals surface area contributed by atoms with Gasteiger partial charge in [-0.1, -0.05) is 45.9 Å². The highest BCUT2D eigenvalue weighted by atomic mass is 32.2. The molecule has 0 aromatic heterocycles. The largest absolute Gasteiger partial charge is 0.496 e. The number of hydrogen-bond donors (Lipinski definition) is 2. The van der Waals surface area contributed by atoms with Gasteiger partial charge in [-0.25, -0.2) is 8.42 Å². The molecule has 0 radical (unpaired) electrons. The van der Waals surface area contributed by atoms with Crippen LogP contribution in [-0.2, 0) is 15.4 Å². The van der Waals surface area contributed by atoms with Gasteiger partial charge in [0.15, 0.2) is 0 Å². The Bertz CT molecular complexity index is 1490. The average Bonchev–Trinajstić information content (AvgIpc) is 2.92. The Labute approximate surface area is 236 Å². The summed E-state index contributed by atoms with van der Waals surface area (Å²) in [5, 5.41) is 2.82. The highest BCUT2D eigenvalue weighted by Gasteiger charge is 2.26. The molecular weight excluding hydrogens is 526 g/mol. The van der Waals surface area contributed by atoms with Gasteiger partial charge in [-0.3, -0.25) is 14.3 Å². The summed E-state index contributed by atoms with van der Waals surface area (Å²) < 4.78 is 34.5. The number of likely N-dealkylation sites (tertiary alicyclic amines) is 1. The summed E-state index contributed by atoms with van der Waals surface area (Å²) in [4.78, 5) is 27.7. The van der Waals surface area contributed by atoms with E-state index in [1.807, 2.05) is 12.1 Å². The van der Waals surface area contributed by atoms with E-state index in [1.165, 1.54) is 25.3 Å². The van der Waals surface area contributed by atoms with E-state index in [4.69, 9.17) is 4.74 Å². The number of nitrogens with one attached hydrogen (secondary N) is 2. The second-order valence-electron chi connectivity index (χ2n) is 11.3. The maximum atomic E-state index is 13.3. The van der Waals surface area contributed by atoms with Crippen LogP contribution in [-0.4, -0.2) is 45.3 Å². The standard InChI is InChI=1S/C31H37N3O5S/c1-21-15-17-34(18-16-21)30(36)27-20-26(13-14-28(27)39-5)40(37,38)33-25-8-6-7-24(19-25)32-29(35)22-9-11-23(12-10-22)31(2,3)4/h6-14,19-21,33H,15-18H2,1-5H3,(H,32,35). The lowest BCUT2D eigenvalue weighted by molar-refractivity contribution is 0.0693. The van der Waals surface area contributed by atoms with Crippen molar-refractivity contribution >= 4 is 33.2 Å². The minimum atomic E-state index is -4.04. The van der Waals surface area contributed by atoms with Crippen LogP contribution in [0.25, 0.3) is 0 Å². The summed E-state index contributed by atoms with van der Waals surface area (Å²) in [7, 11) is -2.59. The predicted octanol–water partition coefficient (Wildman–Crippen LogP) is 5.92. The van der Waals surface area contributed by atoms with Crippen LogP contribution in [0.2, 0.25) is 0 Å². The maximum absolute atomic E-state index is 13.3. The molecule has 3 aromatic carbocycles. The molecule has 0 atom stereocenters. The lowest BCUT2D eigenvalue weighted by Gasteiger charge is -2.30. The molecule has 2 amide bonds. The number of methoxy groups -OCH3 is 1. The van der Waals surface area contributed by atoms with Crippen molar-refractivity contribution < 1.29 is 22.7 Å². The van der Waals surface area contributed by atoms with Crippen LogP contribution in [0.15, 0.2) is 71.6 Å². The van der Waals surface area contributed by atoms with Gasteiger partial charge >= 0.3 is 0 Å². The highest BCUT2D eigenvalue weighted by molar-refractivity contribution is 7.92. The summed E-state index contributed by atoms with van der Waals surface area (Å²) in [5.74, 6) is 0.325. The molecule has 40 heavy (non-hydrogen) atoms. The average molecular weight is 564 g/mol. The molecule has 2 N–H and O–H groups in total. The molecule has 0 spiro atoms. The van der Waals surface area contributed by atoms with E-state index >= 15 is 0 Å². The summed E-state index contributed by atoms with van der Waals surface area (Å²) in [5.41, 5.74) is 2.51. The van der Waals surface area contributed by atoms with Crippen LogP contribution in [0.4, 0.5) is 11.4 Å². The number of hydrogen-bond acceptors (Lipinski definition) is 5. The van der Waals surface area contributed by atoms with Crippen molar-refractivity contribution in [2.24, 2.45) is 5.92 Å². The number of anilines is 2. The van der Waals surface area contributed by atoms with Crippen molar-refractivity contribution in [1.29, 1.82) is 0 Å². The van der Waals surface area contributed by atoms with Crippen molar-refractivity contribution in [2.45, 2.75) is 50.8 Å². The summed E-state index contributed by atoms with van der Waals surface area (Å²) >= 11 is 0. The molecular formula is C31H37N3O5S. The van der Waals surface area contributed by atoms with Gasteiger partial charge in [0.25, 0.3) is 21.8 Å². The number of sulfonamides is 1. The third kappa shape index (κ3) is 6.83. The van der Waals surface area contributed by atoms with Gasteiger partial charge < -0.3 is 15.0 Å². The zero-order valence-corrected chi connectivity index (χ0v) is 24.5. The molecule has 1 fully saturated rings. The molecule has 1 aliphatic rings. The number of ether oxygens (including phenoxy) is 1. The first-order chi connectivity index (χ1) is 18.9. The number of carbonyl (C=O) groups excluding carboxylic acids is 2. The zero-order chi connectivity index (χ0) is 29.1. The summed E-state index contributed by atoms with van der Waals surface area (Å²) in [6, 6.07) is 18.1. The number of amides is 2. The fourth-order valence-electron chi connectivity index (χ4n) is 4.60. The number of nitrogens with zero attached hydrogens (tertiary/aromatic N) is 1. The molecule has 1 aliphatic heterocycles. The lowest BCUT2D eigenvalue weighted by atomic mass is 9.87. The summed E-state index contributed by atoms with van der Waals surface area (Å²) in [6.07, 6.45) is 1.81. The molecule has 1 saturated heterocycles. The fraction of sp³-hybridized carbons (Fsp3) is 0.355. The van der Waals surface area contributed by atoms with E-state index in [1.54, 1.807) is 41.3 Å². The normalized spacial score (nSPS) is 14.5. The van der Waals surface area contributed by atoms with E-state index in [0.29, 0.717) is 36.0 Å². The van der Waals surface area contributed by atoms with Crippen LogP contribution in [0, 0.1) is 5.92 Å². The summed E-state index contributed by atoms with van der Waals surface area (Å²) in [6.45, 7) is 9.72. The van der Waals surface area contributed by atoms with Crippen LogP contribution < -0.4 is 14.8 Å². The van der Waals surface area contributed by atoms with Gasteiger partial charge in [0.2, 0.25) is 0 Å². The van der Waals surface area contributed by atoms with Gasteiger partial charge in [-0.2, -0.15) is 0 Å². The van der Waals surface area contributed by atoms with Crippen molar-refractivity contribution in [3.8, 4) is 5.75 Å². The first-order valence-electron chi connectivity index (χ1n) is 13.4. The monoisotopic (exact) mass is 563 g/mol. The van der Waals surface area contributed by atoms with Gasteiger partial charge in [0, 0.05) is 24.3 Å². The van der Waals surface area contributed by atoms with Crippen molar-refractivity contribution in [2.75, 3.05) is 30.2 Å². The topological polar surface area (TPSA) is 105 Å². The lowest BCUT2D eigenvalue weighted by Crippen LogP contribution is -2.38. The molecule has 0 aliphatic carbocycles. The number of benzene rings is 3. The van der Waals surface area contributed by atoms with Gasteiger partial charge in [-0.05, 0) is 78.3 Å². The van der Waals surface area contributed by atoms with Crippen molar-refractivity contribution in [3.63, 3.8) is 0 Å². The Morgan fingerprint density at radius 2 is 1.57 bits per heavy atom. The third-order valence-electron chi connectivity index (χ3n) is 7.17. The van der Waals surface area contributed by atoms with E-state index in [9.17, 15) is 18.0 Å². The van der Waals surface area contributed by atoms with Crippen LogP contribution in [0.5, 0.6) is 5.75 Å². The fourth-order valence-corrected chi connectivity index (χ4v) is 5.68. The Kier molecular flexibility index (Phi) is 8.54. The Balaban J connectivity index is 1.50. The molecule has 0 saturated carbocycles. The highest BCUT2D eigenvalue weighted by Crippen LogP contribution is 2.28. The Morgan fingerprint density at radius 1 is 0.925 bits per heavy atom. The van der Waals surface area contributed by atoms with E-state index < -0.39 is 10.0 Å². The minimum Gasteiger partial charge on any atom is -0.496 e. The molecule has 3 aromatic rings. The molecule has 9 heteroatoms. The van der Waals surface area contributed by atoms with E-state index in [2.05, 4.69) is 37.7 Å². The number of carbonyl (C=O) groups is 2. The molecule has 8 nitrogen and oxygen atoms in total. The van der Waals surface area contributed by atoms with Crippen molar-refractivity contribution in [1.82, 2.24) is 4.90 Å². The smallest absolute Gasteiger partial charge is 0.261 e. The van der Waals surface area contributed by atoms with Gasteiger partial charge in [-0.15, -0.1) is 0 Å². The third-order valence-corrected chi connectivity index (χ3v) is 8.55. The maximum Gasteiger partial charge on any atom is 0.261 e. The van der Waals surface area contributed by atoms with Crippen molar-refractivity contribution in [3.05, 3.63) is 83.4 Å². The van der Waals surface area contributed by atoms with Crippen LogP contribution >= 0.6 is 0 Å². The quantitative estimate of drug-likeness (QED) is 0.371. The number of piperidine rings is 1. The molecule has 0 unspecified atom stereocenters. The second-order valence-corrected chi connectivity index (χ2v) is 13.0. The first kappa shape index (κ1) is 29.1. The van der Waals surface area contributed by atoms with E-state index in [-0.39, 0.29) is 33.4 Å². The first-order valence-corrected chi connectivity index (χ1v) is 14.9. The molecule has 1 heterocycles. The van der Waals surface area contributed by atoms with E-state index in [0.717, 1.165) is 18.4 Å². The molecule has 4 rings (SSSR count). The SMILES string of the molecule is COc1ccc(S(=O)(=O)Nc2cccc(NC(=O)c3ccc(C(C)(C)C)cc3)c2)cc1C(=O)N1CCC(C)CC1. The molecule has 212 valence electrons. The van der Waals surface area contributed by atoms with Crippen LogP contribution in [0.3, 0.4) is 0 Å². The van der Waals surface area contributed by atoms with Gasteiger partial charge in [0.05, 0.1) is 23.3 Å². The Hall–Kier alpha value is -3.85. The van der Waals surface area contributed by atoms with Crippen LogP contribution in [0.1, 0.15) is 66.8 Å². The minimum absolute atomic E-state index is 0.0231. The molecule has 0 bridgehead atoms. The zero-order valence-electron chi connectivity index (χ0n) is 23.7.